The lowest BCUT2D eigenvalue weighted by atomic mass is 10.1. The van der Waals surface area contributed by atoms with Crippen molar-refractivity contribution in [3.8, 4) is 11.3 Å². The van der Waals surface area contributed by atoms with Crippen LogP contribution in [0, 0.1) is 10.1 Å². The SMILES string of the molecule is O=[N+]([O-])c1ccc2[nH]nc(-c3cccc(Cl)c3)c2c1. The monoisotopic (exact) mass is 273 g/mol. The summed E-state index contributed by atoms with van der Waals surface area (Å²) in [5.41, 5.74) is 2.26. The Morgan fingerprint density at radius 3 is 2.79 bits per heavy atom. The van der Waals surface area contributed by atoms with Crippen molar-refractivity contribution in [2.45, 2.75) is 0 Å². The summed E-state index contributed by atoms with van der Waals surface area (Å²) >= 11 is 5.95. The molecule has 6 heteroatoms. The van der Waals surface area contributed by atoms with Crippen LogP contribution >= 0.6 is 11.6 Å². The molecule has 19 heavy (non-hydrogen) atoms. The van der Waals surface area contributed by atoms with Crippen LogP contribution in [0.15, 0.2) is 42.5 Å². The van der Waals surface area contributed by atoms with E-state index >= 15 is 0 Å². The largest absolute Gasteiger partial charge is 0.277 e. The normalized spacial score (nSPS) is 10.8. The number of fused-ring (bicyclic) bond motifs is 1. The van der Waals surface area contributed by atoms with Gasteiger partial charge in [-0.25, -0.2) is 0 Å². The van der Waals surface area contributed by atoms with E-state index in [1.165, 1.54) is 12.1 Å². The molecule has 0 atom stereocenters. The minimum Gasteiger partial charge on any atom is -0.277 e. The first-order valence-corrected chi connectivity index (χ1v) is 5.91. The average molecular weight is 274 g/mol. The van der Waals surface area contributed by atoms with E-state index in [4.69, 9.17) is 11.6 Å². The molecule has 94 valence electrons. The molecule has 0 fully saturated rings. The highest BCUT2D eigenvalue weighted by Gasteiger charge is 2.13. The number of aromatic amines is 1. The van der Waals surface area contributed by atoms with E-state index in [1.54, 1.807) is 18.2 Å². The van der Waals surface area contributed by atoms with Gasteiger partial charge in [0.1, 0.15) is 5.69 Å². The summed E-state index contributed by atoms with van der Waals surface area (Å²) in [6, 6.07) is 11.8. The van der Waals surface area contributed by atoms with Gasteiger partial charge in [-0.05, 0) is 18.2 Å². The summed E-state index contributed by atoms with van der Waals surface area (Å²) in [7, 11) is 0. The van der Waals surface area contributed by atoms with E-state index in [9.17, 15) is 10.1 Å². The maximum absolute atomic E-state index is 10.8. The Labute approximate surface area is 113 Å². The van der Waals surface area contributed by atoms with E-state index in [-0.39, 0.29) is 5.69 Å². The van der Waals surface area contributed by atoms with Crippen molar-refractivity contribution in [3.05, 3.63) is 57.6 Å². The number of benzene rings is 2. The number of nitrogens with one attached hydrogen (secondary N) is 1. The molecule has 0 aliphatic rings. The second-order valence-electron chi connectivity index (χ2n) is 4.07. The Bertz CT molecular complexity index is 782. The highest BCUT2D eigenvalue weighted by molar-refractivity contribution is 6.30. The molecule has 3 aromatic rings. The van der Waals surface area contributed by atoms with Crippen molar-refractivity contribution in [3.63, 3.8) is 0 Å². The first-order chi connectivity index (χ1) is 9.15. The van der Waals surface area contributed by atoms with Gasteiger partial charge in [0.05, 0.1) is 10.4 Å². The van der Waals surface area contributed by atoms with E-state index < -0.39 is 4.92 Å². The molecule has 2 aromatic carbocycles. The number of halogens is 1. The van der Waals surface area contributed by atoms with Gasteiger partial charge >= 0.3 is 0 Å². The van der Waals surface area contributed by atoms with Gasteiger partial charge in [-0.2, -0.15) is 5.10 Å². The minimum absolute atomic E-state index is 0.0391. The van der Waals surface area contributed by atoms with Gasteiger partial charge in [0.15, 0.2) is 0 Å². The maximum Gasteiger partial charge on any atom is 0.270 e. The van der Waals surface area contributed by atoms with Crippen LogP contribution in [-0.2, 0) is 0 Å². The van der Waals surface area contributed by atoms with Crippen molar-refractivity contribution in [1.29, 1.82) is 0 Å². The van der Waals surface area contributed by atoms with E-state index in [0.717, 1.165) is 11.1 Å². The number of hydrogen-bond donors (Lipinski definition) is 1. The Balaban J connectivity index is 2.24. The summed E-state index contributed by atoms with van der Waals surface area (Å²) in [5, 5.41) is 19.2. The standard InChI is InChI=1S/C13H8ClN3O2/c14-9-3-1-2-8(6-9)13-11-7-10(17(18)19)4-5-12(11)15-16-13/h1-7H,(H,15,16). The Hall–Kier alpha value is -2.40. The van der Waals surface area contributed by atoms with E-state index in [0.29, 0.717) is 16.1 Å². The van der Waals surface area contributed by atoms with Crippen LogP contribution in [-0.4, -0.2) is 15.1 Å². The first-order valence-electron chi connectivity index (χ1n) is 5.53. The zero-order chi connectivity index (χ0) is 13.4. The molecule has 0 saturated heterocycles. The first kappa shape index (κ1) is 11.7. The van der Waals surface area contributed by atoms with Gasteiger partial charge in [-0.15, -0.1) is 0 Å². The summed E-state index contributed by atoms with van der Waals surface area (Å²) in [5.74, 6) is 0. The summed E-state index contributed by atoms with van der Waals surface area (Å²) in [4.78, 5) is 10.4. The smallest absolute Gasteiger partial charge is 0.270 e. The second kappa shape index (κ2) is 4.37. The Morgan fingerprint density at radius 2 is 2.05 bits per heavy atom. The molecule has 0 saturated carbocycles. The molecular weight excluding hydrogens is 266 g/mol. The highest BCUT2D eigenvalue weighted by Crippen LogP contribution is 2.30. The van der Waals surface area contributed by atoms with Crippen LogP contribution in [0.5, 0.6) is 0 Å². The predicted octanol–water partition coefficient (Wildman–Crippen LogP) is 3.79. The molecule has 3 rings (SSSR count). The predicted molar refractivity (Wildman–Crippen MR) is 73.2 cm³/mol. The lowest BCUT2D eigenvalue weighted by molar-refractivity contribution is -0.384. The molecule has 0 bridgehead atoms. The van der Waals surface area contributed by atoms with E-state index in [2.05, 4.69) is 10.2 Å². The highest BCUT2D eigenvalue weighted by atomic mass is 35.5. The molecule has 0 unspecified atom stereocenters. The van der Waals surface area contributed by atoms with Crippen LogP contribution in [0.3, 0.4) is 0 Å². The lowest BCUT2D eigenvalue weighted by Gasteiger charge is -1.98. The van der Waals surface area contributed by atoms with Crippen LogP contribution in [0.25, 0.3) is 22.2 Å². The topological polar surface area (TPSA) is 71.8 Å². The van der Waals surface area contributed by atoms with Crippen molar-refractivity contribution in [1.82, 2.24) is 10.2 Å². The van der Waals surface area contributed by atoms with Crippen LogP contribution < -0.4 is 0 Å². The minimum atomic E-state index is -0.422. The summed E-state index contributed by atoms with van der Waals surface area (Å²) < 4.78 is 0. The summed E-state index contributed by atoms with van der Waals surface area (Å²) in [6.07, 6.45) is 0. The fourth-order valence-corrected chi connectivity index (χ4v) is 2.16. The summed E-state index contributed by atoms with van der Waals surface area (Å²) in [6.45, 7) is 0. The molecule has 1 aromatic heterocycles. The van der Waals surface area contributed by atoms with Crippen molar-refractivity contribution in [2.75, 3.05) is 0 Å². The van der Waals surface area contributed by atoms with Gasteiger partial charge in [0.25, 0.3) is 5.69 Å². The zero-order valence-corrected chi connectivity index (χ0v) is 10.4. The third-order valence-corrected chi connectivity index (χ3v) is 3.09. The number of H-pyrrole nitrogens is 1. The number of non-ortho nitro benzene ring substituents is 1. The van der Waals surface area contributed by atoms with Crippen molar-refractivity contribution >= 4 is 28.2 Å². The number of hydrogen-bond acceptors (Lipinski definition) is 3. The zero-order valence-electron chi connectivity index (χ0n) is 9.63. The number of rotatable bonds is 2. The molecule has 0 aliphatic heterocycles. The third-order valence-electron chi connectivity index (χ3n) is 2.86. The molecule has 0 radical (unpaired) electrons. The van der Waals surface area contributed by atoms with Gasteiger partial charge < -0.3 is 0 Å². The number of nitro groups is 1. The number of aromatic nitrogens is 2. The third kappa shape index (κ3) is 2.04. The second-order valence-corrected chi connectivity index (χ2v) is 4.51. The Morgan fingerprint density at radius 1 is 1.21 bits per heavy atom. The molecular formula is C13H8ClN3O2. The fourth-order valence-electron chi connectivity index (χ4n) is 1.97. The fraction of sp³-hybridized carbons (Fsp3) is 0. The van der Waals surface area contributed by atoms with E-state index in [1.807, 2.05) is 12.1 Å². The molecule has 1 N–H and O–H groups in total. The molecule has 0 spiro atoms. The molecule has 0 amide bonds. The lowest BCUT2D eigenvalue weighted by Crippen LogP contribution is -1.87. The maximum atomic E-state index is 10.8. The average Bonchev–Trinajstić information content (AvgIpc) is 2.81. The van der Waals surface area contributed by atoms with Crippen LogP contribution in [0.4, 0.5) is 5.69 Å². The van der Waals surface area contributed by atoms with Gasteiger partial charge in [0, 0.05) is 28.1 Å². The molecule has 5 nitrogen and oxygen atoms in total. The number of nitro benzene ring substituents is 1. The van der Waals surface area contributed by atoms with Gasteiger partial charge in [-0.1, -0.05) is 23.7 Å². The van der Waals surface area contributed by atoms with Crippen molar-refractivity contribution < 1.29 is 4.92 Å². The van der Waals surface area contributed by atoms with Crippen molar-refractivity contribution in [2.24, 2.45) is 0 Å². The number of nitrogens with zero attached hydrogens (tertiary/aromatic N) is 2. The Kier molecular flexibility index (Phi) is 2.68. The van der Waals surface area contributed by atoms with Gasteiger partial charge in [0.2, 0.25) is 0 Å². The van der Waals surface area contributed by atoms with Crippen LogP contribution in [0.1, 0.15) is 0 Å². The van der Waals surface area contributed by atoms with Crippen LogP contribution in [0.2, 0.25) is 5.02 Å². The molecule has 1 heterocycles. The quantitative estimate of drug-likeness (QED) is 0.570. The molecule has 0 aliphatic carbocycles. The van der Waals surface area contributed by atoms with Gasteiger partial charge in [-0.3, -0.25) is 15.2 Å².